The predicted molar refractivity (Wildman–Crippen MR) is 57.9 cm³/mol. The van der Waals surface area contributed by atoms with Crippen molar-refractivity contribution in [3.63, 3.8) is 0 Å². The lowest BCUT2D eigenvalue weighted by atomic mass is 10.3. The number of halogens is 2. The summed E-state index contributed by atoms with van der Waals surface area (Å²) in [5, 5.41) is 0. The van der Waals surface area contributed by atoms with E-state index in [1.807, 2.05) is 0 Å². The second-order valence-electron chi connectivity index (χ2n) is 2.80. The molecule has 0 aliphatic carbocycles. The fourth-order valence-corrected chi connectivity index (χ4v) is 1.95. The van der Waals surface area contributed by atoms with E-state index >= 15 is 0 Å². The second kappa shape index (κ2) is 4.59. The normalized spacial score (nSPS) is 10.3. The number of thiazole rings is 1. The van der Waals surface area contributed by atoms with Gasteiger partial charge in [0.15, 0.2) is 16.0 Å². The Kier molecular flexibility index (Phi) is 3.18. The van der Waals surface area contributed by atoms with Crippen LogP contribution < -0.4 is 4.74 Å². The van der Waals surface area contributed by atoms with E-state index < -0.39 is 0 Å². The van der Waals surface area contributed by atoms with E-state index in [9.17, 15) is 4.39 Å². The number of aromatic nitrogens is 1. The second-order valence-corrected chi connectivity index (χ2v) is 4.50. The molecule has 0 saturated heterocycles. The minimum atomic E-state index is -0.367. The molecule has 0 aliphatic rings. The molecule has 78 valence electrons. The molecule has 0 N–H and O–H groups in total. The third-order valence-electron chi connectivity index (χ3n) is 1.73. The van der Waals surface area contributed by atoms with Crippen LogP contribution >= 0.6 is 22.9 Å². The molecule has 0 spiro atoms. The Bertz CT molecular complexity index is 460. The van der Waals surface area contributed by atoms with Crippen molar-refractivity contribution in [3.8, 4) is 5.75 Å². The first-order valence-corrected chi connectivity index (χ1v) is 5.42. The van der Waals surface area contributed by atoms with Gasteiger partial charge in [0.05, 0.1) is 4.88 Å². The van der Waals surface area contributed by atoms with E-state index in [1.165, 1.54) is 17.4 Å². The molecular weight excluding hydrogens is 237 g/mol. The fourth-order valence-electron chi connectivity index (χ4n) is 1.06. The summed E-state index contributed by atoms with van der Waals surface area (Å²) in [4.78, 5) is 4.73. The first-order chi connectivity index (χ1) is 7.25. The van der Waals surface area contributed by atoms with Gasteiger partial charge in [0.1, 0.15) is 6.61 Å². The molecule has 0 aliphatic heterocycles. The highest BCUT2D eigenvalue weighted by Gasteiger charge is 2.03. The zero-order valence-electron chi connectivity index (χ0n) is 7.61. The van der Waals surface area contributed by atoms with Gasteiger partial charge >= 0.3 is 0 Å². The molecule has 0 radical (unpaired) electrons. The molecular formula is C10H7ClFNOS. The molecule has 0 fully saturated rings. The fraction of sp³-hybridized carbons (Fsp3) is 0.100. The van der Waals surface area contributed by atoms with E-state index in [1.54, 1.807) is 24.4 Å². The van der Waals surface area contributed by atoms with E-state index in [-0.39, 0.29) is 18.2 Å². The van der Waals surface area contributed by atoms with Crippen LogP contribution in [0, 0.1) is 5.82 Å². The van der Waals surface area contributed by atoms with E-state index in [0.717, 1.165) is 4.88 Å². The molecule has 2 nitrogen and oxygen atoms in total. The Morgan fingerprint density at radius 1 is 1.40 bits per heavy atom. The summed E-state index contributed by atoms with van der Waals surface area (Å²) < 4.78 is 18.9. The number of benzene rings is 1. The summed E-state index contributed by atoms with van der Waals surface area (Å²) in [7, 11) is 0. The van der Waals surface area contributed by atoms with E-state index in [0.29, 0.717) is 4.47 Å². The average molecular weight is 244 g/mol. The van der Waals surface area contributed by atoms with Crippen molar-refractivity contribution >= 4 is 22.9 Å². The molecule has 0 unspecified atom stereocenters. The topological polar surface area (TPSA) is 22.1 Å². The van der Waals surface area contributed by atoms with Crippen molar-refractivity contribution in [1.29, 1.82) is 0 Å². The zero-order valence-corrected chi connectivity index (χ0v) is 9.19. The lowest BCUT2D eigenvalue weighted by Gasteiger charge is -2.04. The maximum atomic E-state index is 13.1. The van der Waals surface area contributed by atoms with Crippen molar-refractivity contribution in [2.75, 3.05) is 0 Å². The van der Waals surface area contributed by atoms with Crippen LogP contribution in [0.3, 0.4) is 0 Å². The molecule has 0 bridgehead atoms. The third kappa shape index (κ3) is 2.67. The molecule has 2 aromatic rings. The van der Waals surface area contributed by atoms with Gasteiger partial charge in [-0.2, -0.15) is 0 Å². The first kappa shape index (κ1) is 10.4. The highest BCUT2D eigenvalue weighted by atomic mass is 35.5. The standard InChI is InChI=1S/C10H7ClFNOS/c11-10-13-5-7(15-10)6-14-9-4-2-1-3-8(9)12/h1-5H,6H2. The zero-order chi connectivity index (χ0) is 10.7. The van der Waals surface area contributed by atoms with Crippen LogP contribution in [0.25, 0.3) is 0 Å². The van der Waals surface area contributed by atoms with Crippen LogP contribution in [0.5, 0.6) is 5.75 Å². The molecule has 1 heterocycles. The summed E-state index contributed by atoms with van der Waals surface area (Å²) in [5.74, 6) is -0.130. The lowest BCUT2D eigenvalue weighted by molar-refractivity contribution is 0.293. The largest absolute Gasteiger partial charge is 0.485 e. The third-order valence-corrected chi connectivity index (χ3v) is 2.82. The van der Waals surface area contributed by atoms with Crippen molar-refractivity contribution < 1.29 is 9.13 Å². The molecule has 0 amide bonds. The first-order valence-electron chi connectivity index (χ1n) is 4.23. The van der Waals surface area contributed by atoms with Crippen molar-refractivity contribution in [3.05, 3.63) is 45.6 Å². The van der Waals surface area contributed by atoms with E-state index in [2.05, 4.69) is 4.98 Å². The van der Waals surface area contributed by atoms with Crippen LogP contribution in [0.1, 0.15) is 4.88 Å². The summed E-state index contributed by atoms with van der Waals surface area (Å²) in [6, 6.07) is 6.27. The minimum absolute atomic E-state index is 0.238. The molecule has 1 aromatic heterocycles. The van der Waals surface area contributed by atoms with Crippen LogP contribution in [-0.4, -0.2) is 4.98 Å². The van der Waals surface area contributed by atoms with Gasteiger partial charge in [0, 0.05) is 6.20 Å². The lowest BCUT2D eigenvalue weighted by Crippen LogP contribution is -1.94. The van der Waals surface area contributed by atoms with Gasteiger partial charge in [-0.05, 0) is 12.1 Å². The number of para-hydroxylation sites is 1. The van der Waals surface area contributed by atoms with Gasteiger partial charge in [-0.3, -0.25) is 0 Å². The molecule has 0 atom stereocenters. The van der Waals surface area contributed by atoms with Crippen LogP contribution in [0.4, 0.5) is 4.39 Å². The molecule has 2 rings (SSSR count). The van der Waals surface area contributed by atoms with Crippen molar-refractivity contribution in [1.82, 2.24) is 4.98 Å². The molecule has 5 heteroatoms. The van der Waals surface area contributed by atoms with Gasteiger partial charge in [-0.25, -0.2) is 9.37 Å². The number of hydrogen-bond acceptors (Lipinski definition) is 3. The Balaban J connectivity index is 2.02. The Labute approximate surface area is 95.3 Å². The van der Waals surface area contributed by atoms with Gasteiger partial charge in [0.25, 0.3) is 0 Å². The van der Waals surface area contributed by atoms with E-state index in [4.69, 9.17) is 16.3 Å². The van der Waals surface area contributed by atoms with Crippen LogP contribution in [0.15, 0.2) is 30.5 Å². The quantitative estimate of drug-likeness (QED) is 0.823. The smallest absolute Gasteiger partial charge is 0.183 e. The molecule has 0 saturated carbocycles. The summed E-state index contributed by atoms with van der Waals surface area (Å²) in [5.41, 5.74) is 0. The Hall–Kier alpha value is -1.13. The Morgan fingerprint density at radius 3 is 2.87 bits per heavy atom. The maximum absolute atomic E-state index is 13.1. The minimum Gasteiger partial charge on any atom is -0.485 e. The average Bonchev–Trinajstić information content (AvgIpc) is 2.63. The summed E-state index contributed by atoms with van der Waals surface area (Å²) >= 11 is 6.97. The monoisotopic (exact) mass is 243 g/mol. The highest BCUT2D eigenvalue weighted by molar-refractivity contribution is 7.15. The number of ether oxygens (including phenoxy) is 1. The molecule has 1 aromatic carbocycles. The van der Waals surface area contributed by atoms with Gasteiger partial charge in [-0.1, -0.05) is 23.7 Å². The summed E-state index contributed by atoms with van der Waals surface area (Å²) in [6.45, 7) is 0.283. The molecule has 15 heavy (non-hydrogen) atoms. The van der Waals surface area contributed by atoms with Crippen molar-refractivity contribution in [2.24, 2.45) is 0 Å². The summed E-state index contributed by atoms with van der Waals surface area (Å²) in [6.07, 6.45) is 1.62. The van der Waals surface area contributed by atoms with Gasteiger partial charge < -0.3 is 4.74 Å². The van der Waals surface area contributed by atoms with Gasteiger partial charge in [0.2, 0.25) is 0 Å². The van der Waals surface area contributed by atoms with Crippen LogP contribution in [0.2, 0.25) is 4.47 Å². The van der Waals surface area contributed by atoms with Gasteiger partial charge in [-0.15, -0.1) is 11.3 Å². The number of rotatable bonds is 3. The van der Waals surface area contributed by atoms with Crippen LogP contribution in [-0.2, 0) is 6.61 Å². The SMILES string of the molecule is Fc1ccccc1OCc1cnc(Cl)s1. The number of hydrogen-bond donors (Lipinski definition) is 0. The maximum Gasteiger partial charge on any atom is 0.183 e. The highest BCUT2D eigenvalue weighted by Crippen LogP contribution is 2.21. The van der Waals surface area contributed by atoms with Crippen molar-refractivity contribution in [2.45, 2.75) is 6.61 Å². The predicted octanol–water partition coefficient (Wildman–Crippen LogP) is 3.51. The number of nitrogens with zero attached hydrogens (tertiary/aromatic N) is 1. The Morgan fingerprint density at radius 2 is 2.20 bits per heavy atom.